The second-order valence-corrected chi connectivity index (χ2v) is 3.75. The van der Waals surface area contributed by atoms with Crippen molar-refractivity contribution in [3.63, 3.8) is 0 Å². The third-order valence-electron chi connectivity index (χ3n) is 1.71. The summed E-state index contributed by atoms with van der Waals surface area (Å²) in [5.74, 6) is -0.228. The van der Waals surface area contributed by atoms with Crippen LogP contribution in [0.2, 0.25) is 0 Å². The highest BCUT2D eigenvalue weighted by Crippen LogP contribution is 2.22. The van der Waals surface area contributed by atoms with Gasteiger partial charge in [0.05, 0.1) is 3.57 Å². The van der Waals surface area contributed by atoms with Crippen LogP contribution in [0.3, 0.4) is 0 Å². The molecule has 1 aromatic heterocycles. The molecule has 2 aromatic rings. The van der Waals surface area contributed by atoms with Crippen molar-refractivity contribution in [3.8, 4) is 11.3 Å². The zero-order chi connectivity index (χ0) is 9.26. The van der Waals surface area contributed by atoms with Crippen molar-refractivity contribution in [2.45, 2.75) is 0 Å². The van der Waals surface area contributed by atoms with Crippen LogP contribution in [-0.2, 0) is 0 Å². The highest BCUT2D eigenvalue weighted by atomic mass is 127. The van der Waals surface area contributed by atoms with Crippen molar-refractivity contribution in [2.75, 3.05) is 0 Å². The minimum atomic E-state index is -0.228. The van der Waals surface area contributed by atoms with E-state index in [1.54, 1.807) is 18.3 Å². The van der Waals surface area contributed by atoms with Gasteiger partial charge in [0, 0.05) is 11.8 Å². The fourth-order valence-electron chi connectivity index (χ4n) is 1.09. The van der Waals surface area contributed by atoms with Crippen molar-refractivity contribution >= 4 is 22.6 Å². The predicted molar refractivity (Wildman–Crippen MR) is 56.7 cm³/mol. The van der Waals surface area contributed by atoms with Gasteiger partial charge in [-0.15, -0.1) is 0 Å². The number of nitrogens with one attached hydrogen (secondary N) is 1. The maximum absolute atomic E-state index is 12.6. The van der Waals surface area contributed by atoms with Crippen molar-refractivity contribution < 1.29 is 4.39 Å². The molecule has 0 saturated carbocycles. The van der Waals surface area contributed by atoms with E-state index in [0.717, 1.165) is 14.8 Å². The molecule has 0 atom stereocenters. The molecule has 0 amide bonds. The van der Waals surface area contributed by atoms with Crippen LogP contribution in [0.15, 0.2) is 30.5 Å². The predicted octanol–water partition coefficient (Wildman–Crippen LogP) is 2.82. The Morgan fingerprint density at radius 3 is 2.46 bits per heavy atom. The van der Waals surface area contributed by atoms with Gasteiger partial charge in [-0.2, -0.15) is 5.10 Å². The number of aromatic amines is 1. The number of aromatic nitrogens is 2. The first kappa shape index (κ1) is 8.68. The monoisotopic (exact) mass is 288 g/mol. The van der Waals surface area contributed by atoms with Crippen LogP contribution in [-0.4, -0.2) is 10.2 Å². The maximum Gasteiger partial charge on any atom is 0.123 e. The van der Waals surface area contributed by atoms with Gasteiger partial charge in [-0.05, 0) is 46.9 Å². The molecule has 66 valence electrons. The van der Waals surface area contributed by atoms with Crippen molar-refractivity contribution in [1.82, 2.24) is 10.2 Å². The molecular formula is C9H6FIN2. The summed E-state index contributed by atoms with van der Waals surface area (Å²) in [6.07, 6.45) is 1.80. The number of rotatable bonds is 1. The van der Waals surface area contributed by atoms with Gasteiger partial charge in [0.15, 0.2) is 0 Å². The standard InChI is InChI=1S/C9H6FIN2/c10-7-3-1-6(2-4-7)9-8(11)5-12-13-9/h1-5H,(H,12,13). The molecule has 0 saturated heterocycles. The lowest BCUT2D eigenvalue weighted by atomic mass is 10.1. The van der Waals surface area contributed by atoms with Crippen LogP contribution in [0.4, 0.5) is 4.39 Å². The molecule has 0 radical (unpaired) electrons. The Morgan fingerprint density at radius 1 is 1.23 bits per heavy atom. The molecular weight excluding hydrogens is 282 g/mol. The number of hydrogen-bond donors (Lipinski definition) is 1. The SMILES string of the molecule is Fc1ccc(-c2n[nH]cc2I)cc1. The maximum atomic E-state index is 12.6. The number of halogens is 2. The summed E-state index contributed by atoms with van der Waals surface area (Å²) in [6.45, 7) is 0. The van der Waals surface area contributed by atoms with E-state index in [1.165, 1.54) is 12.1 Å². The first-order valence-corrected chi connectivity index (χ1v) is 4.80. The minimum absolute atomic E-state index is 0.228. The van der Waals surface area contributed by atoms with Gasteiger partial charge in [0.1, 0.15) is 11.5 Å². The summed E-state index contributed by atoms with van der Waals surface area (Å²) in [4.78, 5) is 0. The van der Waals surface area contributed by atoms with Gasteiger partial charge < -0.3 is 0 Å². The normalized spacial score (nSPS) is 10.3. The molecule has 13 heavy (non-hydrogen) atoms. The first-order chi connectivity index (χ1) is 6.27. The van der Waals surface area contributed by atoms with E-state index in [1.807, 2.05) is 0 Å². The average molecular weight is 288 g/mol. The van der Waals surface area contributed by atoms with Crippen molar-refractivity contribution in [2.24, 2.45) is 0 Å². The molecule has 0 aliphatic carbocycles. The van der Waals surface area contributed by atoms with Crippen molar-refractivity contribution in [3.05, 3.63) is 39.8 Å². The highest BCUT2D eigenvalue weighted by Gasteiger charge is 2.04. The number of hydrogen-bond acceptors (Lipinski definition) is 1. The molecule has 0 spiro atoms. The Hall–Kier alpha value is -0.910. The Balaban J connectivity index is 2.47. The smallest absolute Gasteiger partial charge is 0.123 e. The van der Waals surface area contributed by atoms with E-state index >= 15 is 0 Å². The lowest BCUT2D eigenvalue weighted by Crippen LogP contribution is -1.81. The van der Waals surface area contributed by atoms with E-state index in [-0.39, 0.29) is 5.82 Å². The van der Waals surface area contributed by atoms with Gasteiger partial charge in [0.2, 0.25) is 0 Å². The van der Waals surface area contributed by atoms with Crippen LogP contribution in [0.25, 0.3) is 11.3 Å². The summed E-state index contributed by atoms with van der Waals surface area (Å²) in [5, 5.41) is 6.82. The molecule has 2 nitrogen and oxygen atoms in total. The molecule has 0 fully saturated rings. The summed E-state index contributed by atoms with van der Waals surface area (Å²) >= 11 is 2.18. The highest BCUT2D eigenvalue weighted by molar-refractivity contribution is 14.1. The van der Waals surface area contributed by atoms with E-state index < -0.39 is 0 Å². The van der Waals surface area contributed by atoms with E-state index in [2.05, 4.69) is 32.8 Å². The second kappa shape index (κ2) is 3.45. The molecule has 1 heterocycles. The Labute approximate surface area is 88.3 Å². The van der Waals surface area contributed by atoms with Crippen LogP contribution in [0, 0.1) is 9.39 Å². The zero-order valence-electron chi connectivity index (χ0n) is 6.59. The lowest BCUT2D eigenvalue weighted by molar-refractivity contribution is 0.628. The molecule has 0 aliphatic rings. The minimum Gasteiger partial charge on any atom is -0.284 e. The van der Waals surface area contributed by atoms with Gasteiger partial charge in [0.25, 0.3) is 0 Å². The summed E-state index contributed by atoms with van der Waals surface area (Å²) in [5.41, 5.74) is 1.78. The fraction of sp³-hybridized carbons (Fsp3) is 0. The van der Waals surface area contributed by atoms with Crippen molar-refractivity contribution in [1.29, 1.82) is 0 Å². The Bertz CT molecular complexity index is 408. The average Bonchev–Trinajstić information content (AvgIpc) is 2.53. The molecule has 0 unspecified atom stereocenters. The molecule has 4 heteroatoms. The molecule has 1 aromatic carbocycles. The van der Waals surface area contributed by atoms with Crippen LogP contribution in [0.1, 0.15) is 0 Å². The van der Waals surface area contributed by atoms with Crippen LogP contribution in [0.5, 0.6) is 0 Å². The Kier molecular flexibility index (Phi) is 2.30. The quantitative estimate of drug-likeness (QED) is 0.803. The molecule has 2 rings (SSSR count). The van der Waals surface area contributed by atoms with E-state index in [0.29, 0.717) is 0 Å². The van der Waals surface area contributed by atoms with E-state index in [4.69, 9.17) is 0 Å². The van der Waals surface area contributed by atoms with E-state index in [9.17, 15) is 4.39 Å². The van der Waals surface area contributed by atoms with Gasteiger partial charge in [-0.3, -0.25) is 5.10 Å². The fourth-order valence-corrected chi connectivity index (χ4v) is 1.66. The summed E-state index contributed by atoms with van der Waals surface area (Å²) in [7, 11) is 0. The first-order valence-electron chi connectivity index (χ1n) is 3.72. The third kappa shape index (κ3) is 1.72. The topological polar surface area (TPSA) is 28.7 Å². The molecule has 0 aliphatic heterocycles. The van der Waals surface area contributed by atoms with Gasteiger partial charge >= 0.3 is 0 Å². The lowest BCUT2D eigenvalue weighted by Gasteiger charge is -1.96. The second-order valence-electron chi connectivity index (χ2n) is 2.59. The van der Waals surface area contributed by atoms with Crippen LogP contribution < -0.4 is 0 Å². The Morgan fingerprint density at radius 2 is 1.92 bits per heavy atom. The largest absolute Gasteiger partial charge is 0.284 e. The number of nitrogens with zero attached hydrogens (tertiary/aromatic N) is 1. The summed E-state index contributed by atoms with van der Waals surface area (Å²) in [6, 6.07) is 6.29. The zero-order valence-corrected chi connectivity index (χ0v) is 8.75. The molecule has 1 N–H and O–H groups in total. The van der Waals surface area contributed by atoms with Crippen LogP contribution >= 0.6 is 22.6 Å². The van der Waals surface area contributed by atoms with Gasteiger partial charge in [-0.25, -0.2) is 4.39 Å². The molecule has 0 bridgehead atoms. The number of benzene rings is 1. The third-order valence-corrected chi connectivity index (χ3v) is 2.53. The number of H-pyrrole nitrogens is 1. The van der Waals surface area contributed by atoms with Gasteiger partial charge in [-0.1, -0.05) is 0 Å². The summed E-state index contributed by atoms with van der Waals surface area (Å²) < 4.78 is 13.6.